The van der Waals surface area contributed by atoms with E-state index in [9.17, 15) is 0 Å². The van der Waals surface area contributed by atoms with Crippen molar-refractivity contribution in [1.82, 2.24) is 4.98 Å². The summed E-state index contributed by atoms with van der Waals surface area (Å²) in [5.41, 5.74) is 8.59. The summed E-state index contributed by atoms with van der Waals surface area (Å²) in [6, 6.07) is 11.4. The number of nitrogens with zero attached hydrogens (tertiary/aromatic N) is 1. The molecule has 0 aliphatic rings. The average Bonchev–Trinajstić information content (AvgIpc) is 2.79. The molecule has 0 spiro atoms. The highest BCUT2D eigenvalue weighted by molar-refractivity contribution is 9.10. The molecule has 3 aromatic rings. The van der Waals surface area contributed by atoms with Gasteiger partial charge in [0.05, 0.1) is 7.11 Å². The predicted octanol–water partition coefficient (Wildman–Crippen LogP) is 3.92. The van der Waals surface area contributed by atoms with Crippen molar-refractivity contribution in [2.24, 2.45) is 0 Å². The van der Waals surface area contributed by atoms with Crippen LogP contribution in [0.4, 0.5) is 17.4 Å². The molecule has 0 fully saturated rings. The molecule has 0 saturated heterocycles. The Morgan fingerprint density at radius 1 is 1.25 bits per heavy atom. The number of nitrogen functional groups attached to an aromatic ring is 1. The Morgan fingerprint density at radius 3 is 2.90 bits per heavy atom. The zero-order valence-electron chi connectivity index (χ0n) is 10.7. The first kappa shape index (κ1) is 12.8. The highest BCUT2D eigenvalue weighted by Gasteiger charge is 2.07. The maximum Gasteiger partial charge on any atom is 0.300 e. The second-order valence-electron chi connectivity index (χ2n) is 4.25. The van der Waals surface area contributed by atoms with E-state index < -0.39 is 0 Å². The molecule has 20 heavy (non-hydrogen) atoms. The Balaban J connectivity index is 1.94. The summed E-state index contributed by atoms with van der Waals surface area (Å²) >= 11 is 3.42. The van der Waals surface area contributed by atoms with Crippen LogP contribution in [-0.2, 0) is 0 Å². The van der Waals surface area contributed by atoms with E-state index >= 15 is 0 Å². The first-order valence-corrected chi connectivity index (χ1v) is 6.71. The molecule has 0 amide bonds. The minimum atomic E-state index is 0.408. The molecule has 1 heterocycles. The lowest BCUT2D eigenvalue weighted by Gasteiger charge is -2.05. The minimum Gasteiger partial charge on any atom is -0.497 e. The molecule has 0 bridgehead atoms. The lowest BCUT2D eigenvalue weighted by Crippen LogP contribution is -1.91. The SMILES string of the molecule is COc1cc(Br)cc(Nc2nc3cc(N)ccc3o2)c1. The van der Waals surface area contributed by atoms with Crippen LogP contribution in [0.2, 0.25) is 0 Å². The summed E-state index contributed by atoms with van der Waals surface area (Å²) in [6.07, 6.45) is 0. The van der Waals surface area contributed by atoms with Gasteiger partial charge in [0.2, 0.25) is 0 Å². The van der Waals surface area contributed by atoms with Crippen LogP contribution in [0.1, 0.15) is 0 Å². The van der Waals surface area contributed by atoms with Gasteiger partial charge in [-0.1, -0.05) is 15.9 Å². The Morgan fingerprint density at radius 2 is 2.10 bits per heavy atom. The third kappa shape index (κ3) is 2.55. The number of methoxy groups -OCH3 is 1. The molecular weight excluding hydrogens is 322 g/mol. The largest absolute Gasteiger partial charge is 0.497 e. The maximum absolute atomic E-state index is 5.72. The first-order chi connectivity index (χ1) is 9.64. The fraction of sp³-hybridized carbons (Fsp3) is 0.0714. The predicted molar refractivity (Wildman–Crippen MR) is 82.4 cm³/mol. The first-order valence-electron chi connectivity index (χ1n) is 5.92. The summed E-state index contributed by atoms with van der Waals surface area (Å²) in [5.74, 6) is 0.738. The van der Waals surface area contributed by atoms with E-state index in [1.807, 2.05) is 18.2 Å². The summed E-state index contributed by atoms with van der Waals surface area (Å²) in [5, 5.41) is 3.10. The lowest BCUT2D eigenvalue weighted by molar-refractivity contribution is 0.414. The number of nitrogens with two attached hydrogens (primary N) is 1. The van der Waals surface area contributed by atoms with Crippen LogP contribution in [-0.4, -0.2) is 12.1 Å². The summed E-state index contributed by atoms with van der Waals surface area (Å²) in [7, 11) is 1.62. The lowest BCUT2D eigenvalue weighted by atomic mass is 10.3. The molecular formula is C14H12BrN3O2. The van der Waals surface area contributed by atoms with Crippen LogP contribution < -0.4 is 15.8 Å². The van der Waals surface area contributed by atoms with Gasteiger partial charge in [-0.05, 0) is 30.3 Å². The van der Waals surface area contributed by atoms with Gasteiger partial charge >= 0.3 is 0 Å². The van der Waals surface area contributed by atoms with Crippen molar-refractivity contribution in [2.45, 2.75) is 0 Å². The molecule has 0 aliphatic heterocycles. The van der Waals surface area contributed by atoms with Crippen LogP contribution >= 0.6 is 15.9 Å². The molecule has 2 aromatic carbocycles. The van der Waals surface area contributed by atoms with E-state index in [0.717, 1.165) is 21.4 Å². The number of hydrogen-bond donors (Lipinski definition) is 2. The van der Waals surface area contributed by atoms with Crippen molar-refractivity contribution >= 4 is 44.4 Å². The highest BCUT2D eigenvalue weighted by atomic mass is 79.9. The van der Waals surface area contributed by atoms with Gasteiger partial charge < -0.3 is 20.2 Å². The fourth-order valence-electron chi connectivity index (χ4n) is 1.87. The summed E-state index contributed by atoms with van der Waals surface area (Å²) in [6.45, 7) is 0. The van der Waals surface area contributed by atoms with Gasteiger partial charge in [0.1, 0.15) is 11.3 Å². The molecule has 3 N–H and O–H groups in total. The molecule has 0 radical (unpaired) electrons. The molecule has 102 valence electrons. The van der Waals surface area contributed by atoms with E-state index in [1.54, 1.807) is 25.3 Å². The smallest absolute Gasteiger partial charge is 0.300 e. The standard InChI is InChI=1S/C14H12BrN3O2/c1-19-11-5-8(15)4-10(7-11)17-14-18-12-6-9(16)2-3-13(12)20-14/h2-7H,16H2,1H3,(H,17,18). The number of nitrogens with one attached hydrogen (secondary N) is 1. The number of fused-ring (bicyclic) bond motifs is 1. The number of benzene rings is 2. The minimum absolute atomic E-state index is 0.408. The number of halogens is 1. The summed E-state index contributed by atoms with van der Waals surface area (Å²) < 4.78 is 11.7. The van der Waals surface area contributed by atoms with Gasteiger partial charge in [0, 0.05) is 21.9 Å². The van der Waals surface area contributed by atoms with Gasteiger partial charge in [0.15, 0.2) is 5.58 Å². The molecule has 3 rings (SSSR count). The fourth-order valence-corrected chi connectivity index (χ4v) is 2.35. The second-order valence-corrected chi connectivity index (χ2v) is 5.17. The highest BCUT2D eigenvalue weighted by Crippen LogP contribution is 2.28. The van der Waals surface area contributed by atoms with Crippen LogP contribution in [0.25, 0.3) is 11.1 Å². The van der Waals surface area contributed by atoms with Crippen LogP contribution in [0.3, 0.4) is 0 Å². The van der Waals surface area contributed by atoms with E-state index in [-0.39, 0.29) is 0 Å². The van der Waals surface area contributed by atoms with Crippen molar-refractivity contribution < 1.29 is 9.15 Å². The quantitative estimate of drug-likeness (QED) is 0.710. The van der Waals surface area contributed by atoms with Crippen LogP contribution in [0.15, 0.2) is 45.3 Å². The van der Waals surface area contributed by atoms with Gasteiger partial charge in [0.25, 0.3) is 6.01 Å². The van der Waals surface area contributed by atoms with E-state index in [4.69, 9.17) is 14.9 Å². The normalized spacial score (nSPS) is 10.7. The van der Waals surface area contributed by atoms with Crippen molar-refractivity contribution in [3.05, 3.63) is 40.9 Å². The molecule has 1 aromatic heterocycles. The number of aromatic nitrogens is 1. The Kier molecular flexibility index (Phi) is 3.23. The Labute approximate surface area is 123 Å². The molecule has 6 heteroatoms. The molecule has 0 saturated carbocycles. The summed E-state index contributed by atoms with van der Waals surface area (Å²) in [4.78, 5) is 4.34. The topological polar surface area (TPSA) is 73.3 Å². The number of hydrogen-bond acceptors (Lipinski definition) is 5. The third-order valence-electron chi connectivity index (χ3n) is 2.77. The monoisotopic (exact) mass is 333 g/mol. The van der Waals surface area contributed by atoms with Crippen molar-refractivity contribution in [3.63, 3.8) is 0 Å². The Hall–Kier alpha value is -2.21. The number of anilines is 3. The maximum atomic E-state index is 5.72. The van der Waals surface area contributed by atoms with Crippen molar-refractivity contribution in [2.75, 3.05) is 18.2 Å². The van der Waals surface area contributed by atoms with Crippen LogP contribution in [0.5, 0.6) is 5.75 Å². The molecule has 0 aliphatic carbocycles. The van der Waals surface area contributed by atoms with Gasteiger partial charge in [-0.2, -0.15) is 4.98 Å². The zero-order valence-corrected chi connectivity index (χ0v) is 12.3. The van der Waals surface area contributed by atoms with E-state index in [0.29, 0.717) is 17.3 Å². The third-order valence-corrected chi connectivity index (χ3v) is 3.23. The number of rotatable bonds is 3. The average molecular weight is 334 g/mol. The van der Waals surface area contributed by atoms with Gasteiger partial charge in [-0.3, -0.25) is 0 Å². The van der Waals surface area contributed by atoms with E-state index in [1.165, 1.54) is 0 Å². The van der Waals surface area contributed by atoms with E-state index in [2.05, 4.69) is 26.2 Å². The molecule has 0 atom stereocenters. The van der Waals surface area contributed by atoms with Gasteiger partial charge in [-0.25, -0.2) is 0 Å². The second kappa shape index (κ2) is 5.05. The number of oxazole rings is 1. The van der Waals surface area contributed by atoms with Crippen molar-refractivity contribution in [1.29, 1.82) is 0 Å². The van der Waals surface area contributed by atoms with Crippen LogP contribution in [0, 0.1) is 0 Å². The van der Waals surface area contributed by atoms with Crippen molar-refractivity contribution in [3.8, 4) is 5.75 Å². The zero-order chi connectivity index (χ0) is 14.1. The van der Waals surface area contributed by atoms with Gasteiger partial charge in [-0.15, -0.1) is 0 Å². The molecule has 5 nitrogen and oxygen atoms in total. The molecule has 0 unspecified atom stereocenters. The Bertz CT molecular complexity index is 770. The number of ether oxygens (including phenoxy) is 1.